The van der Waals surface area contributed by atoms with Crippen LogP contribution in [0.2, 0.25) is 0 Å². The van der Waals surface area contributed by atoms with E-state index in [0.717, 1.165) is 16.3 Å². The second-order valence-corrected chi connectivity index (χ2v) is 5.40. The molecule has 4 heteroatoms. The minimum atomic E-state index is -0.857. The van der Waals surface area contributed by atoms with E-state index in [1.54, 1.807) is 11.8 Å². The number of aromatic carboxylic acids is 1. The van der Waals surface area contributed by atoms with Gasteiger partial charge in [0.1, 0.15) is 0 Å². The third kappa shape index (κ3) is 3.16. The number of benzene rings is 1. The van der Waals surface area contributed by atoms with Crippen molar-refractivity contribution in [1.82, 2.24) is 0 Å². The summed E-state index contributed by atoms with van der Waals surface area (Å²) in [5.74, 6) is 0.0128. The highest BCUT2D eigenvalue weighted by Crippen LogP contribution is 2.31. The summed E-state index contributed by atoms with van der Waals surface area (Å²) in [6, 6.07) is 5.92. The molecule has 0 bridgehead atoms. The van der Waals surface area contributed by atoms with Gasteiger partial charge in [-0.1, -0.05) is 13.0 Å². The summed E-state index contributed by atoms with van der Waals surface area (Å²) in [5, 5.41) is 9.36. The molecular formula is C13H19NO2S. The molecule has 0 aromatic heterocycles. The summed E-state index contributed by atoms with van der Waals surface area (Å²) >= 11 is 1.57. The number of carbonyl (C=O) groups is 1. The van der Waals surface area contributed by atoms with Crippen molar-refractivity contribution in [2.45, 2.75) is 31.7 Å². The summed E-state index contributed by atoms with van der Waals surface area (Å²) in [4.78, 5) is 14.2. The van der Waals surface area contributed by atoms with Crippen molar-refractivity contribution in [1.29, 1.82) is 0 Å². The highest BCUT2D eigenvalue weighted by molar-refractivity contribution is 7.99. The number of hydrogen-bond donors (Lipinski definition) is 1. The van der Waals surface area contributed by atoms with Crippen LogP contribution in [0, 0.1) is 0 Å². The molecule has 0 aliphatic rings. The largest absolute Gasteiger partial charge is 0.478 e. The standard InChI is InChI=1S/C13H19NO2S/c1-5-17-11-8-6-7-10(12(11)13(15)16)14(4)9(2)3/h6-9H,5H2,1-4H3,(H,15,16). The third-order valence-electron chi connectivity index (χ3n) is 2.67. The second kappa shape index (κ2) is 5.96. The van der Waals surface area contributed by atoms with Crippen LogP contribution in [0.3, 0.4) is 0 Å². The Morgan fingerprint density at radius 3 is 2.59 bits per heavy atom. The maximum absolute atomic E-state index is 11.4. The molecule has 0 atom stereocenters. The first kappa shape index (κ1) is 13.9. The minimum absolute atomic E-state index is 0.273. The Kier molecular flexibility index (Phi) is 4.87. The van der Waals surface area contributed by atoms with Gasteiger partial charge >= 0.3 is 5.97 Å². The van der Waals surface area contributed by atoms with Gasteiger partial charge in [0.15, 0.2) is 0 Å². The minimum Gasteiger partial charge on any atom is -0.478 e. The van der Waals surface area contributed by atoms with Gasteiger partial charge in [-0.05, 0) is 31.7 Å². The van der Waals surface area contributed by atoms with Crippen LogP contribution in [-0.4, -0.2) is 29.9 Å². The molecule has 17 heavy (non-hydrogen) atoms. The van der Waals surface area contributed by atoms with E-state index in [1.165, 1.54) is 0 Å². The number of anilines is 1. The van der Waals surface area contributed by atoms with Crippen LogP contribution in [0.25, 0.3) is 0 Å². The van der Waals surface area contributed by atoms with E-state index in [9.17, 15) is 9.90 Å². The number of carboxylic acid groups (broad SMARTS) is 1. The van der Waals surface area contributed by atoms with Crippen molar-refractivity contribution >= 4 is 23.4 Å². The lowest BCUT2D eigenvalue weighted by Crippen LogP contribution is -2.27. The molecule has 94 valence electrons. The third-order valence-corrected chi connectivity index (χ3v) is 3.61. The van der Waals surface area contributed by atoms with Crippen LogP contribution in [0.5, 0.6) is 0 Å². The second-order valence-electron chi connectivity index (χ2n) is 4.09. The van der Waals surface area contributed by atoms with Crippen LogP contribution in [0.15, 0.2) is 23.1 Å². The van der Waals surface area contributed by atoms with E-state index in [2.05, 4.69) is 0 Å². The van der Waals surface area contributed by atoms with Gasteiger partial charge in [0.25, 0.3) is 0 Å². The highest BCUT2D eigenvalue weighted by atomic mass is 32.2. The Morgan fingerprint density at radius 2 is 2.12 bits per heavy atom. The van der Waals surface area contributed by atoms with Gasteiger partial charge < -0.3 is 10.0 Å². The number of thioether (sulfide) groups is 1. The number of rotatable bonds is 5. The fourth-order valence-electron chi connectivity index (χ4n) is 1.58. The molecule has 1 aromatic rings. The van der Waals surface area contributed by atoms with Gasteiger partial charge in [-0.2, -0.15) is 0 Å². The van der Waals surface area contributed by atoms with E-state index in [-0.39, 0.29) is 6.04 Å². The van der Waals surface area contributed by atoms with Crippen molar-refractivity contribution in [3.63, 3.8) is 0 Å². The molecule has 0 amide bonds. The number of nitrogens with zero attached hydrogens (tertiary/aromatic N) is 1. The summed E-state index contributed by atoms with van der Waals surface area (Å²) in [6.45, 7) is 6.12. The summed E-state index contributed by atoms with van der Waals surface area (Å²) in [5.41, 5.74) is 1.20. The summed E-state index contributed by atoms with van der Waals surface area (Å²) < 4.78 is 0. The Balaban J connectivity index is 3.29. The Labute approximate surface area is 107 Å². The molecule has 0 aliphatic carbocycles. The Hall–Kier alpha value is -1.16. The molecule has 0 radical (unpaired) electrons. The van der Waals surface area contributed by atoms with Gasteiger partial charge in [0, 0.05) is 18.0 Å². The van der Waals surface area contributed by atoms with Gasteiger partial charge in [-0.25, -0.2) is 4.79 Å². The zero-order chi connectivity index (χ0) is 13.0. The first-order valence-corrected chi connectivity index (χ1v) is 6.69. The molecule has 0 heterocycles. The molecule has 0 saturated carbocycles. The normalized spacial score (nSPS) is 10.6. The first-order valence-electron chi connectivity index (χ1n) is 5.71. The zero-order valence-electron chi connectivity index (χ0n) is 10.7. The molecule has 1 N–H and O–H groups in total. The molecule has 0 fully saturated rings. The summed E-state index contributed by atoms with van der Waals surface area (Å²) in [7, 11) is 1.92. The SMILES string of the molecule is CCSc1cccc(N(C)C(C)C)c1C(=O)O. The van der Waals surface area contributed by atoms with Gasteiger partial charge in [-0.15, -0.1) is 11.8 Å². The van der Waals surface area contributed by atoms with Gasteiger partial charge in [0.05, 0.1) is 11.3 Å². The maximum Gasteiger partial charge on any atom is 0.338 e. The molecule has 0 saturated heterocycles. The lowest BCUT2D eigenvalue weighted by molar-refractivity contribution is 0.0694. The van der Waals surface area contributed by atoms with E-state index < -0.39 is 5.97 Å². The van der Waals surface area contributed by atoms with E-state index in [4.69, 9.17) is 0 Å². The smallest absolute Gasteiger partial charge is 0.338 e. The van der Waals surface area contributed by atoms with Crippen molar-refractivity contribution in [2.24, 2.45) is 0 Å². The molecule has 1 rings (SSSR count). The van der Waals surface area contributed by atoms with Crippen LogP contribution >= 0.6 is 11.8 Å². The first-order chi connectivity index (χ1) is 7.99. The fraction of sp³-hybridized carbons (Fsp3) is 0.462. The topological polar surface area (TPSA) is 40.5 Å². The Morgan fingerprint density at radius 1 is 1.47 bits per heavy atom. The molecule has 0 aliphatic heterocycles. The van der Waals surface area contributed by atoms with Crippen molar-refractivity contribution < 1.29 is 9.90 Å². The van der Waals surface area contributed by atoms with Crippen molar-refractivity contribution in [2.75, 3.05) is 17.7 Å². The molecule has 1 aromatic carbocycles. The van der Waals surface area contributed by atoms with E-state index in [1.807, 2.05) is 50.9 Å². The molecule has 3 nitrogen and oxygen atoms in total. The monoisotopic (exact) mass is 253 g/mol. The van der Waals surface area contributed by atoms with Crippen molar-refractivity contribution in [3.8, 4) is 0 Å². The molecule has 0 spiro atoms. The van der Waals surface area contributed by atoms with Gasteiger partial charge in [-0.3, -0.25) is 0 Å². The molecule has 0 unspecified atom stereocenters. The predicted molar refractivity (Wildman–Crippen MR) is 73.3 cm³/mol. The van der Waals surface area contributed by atoms with Crippen LogP contribution in [-0.2, 0) is 0 Å². The fourth-order valence-corrected chi connectivity index (χ4v) is 2.40. The van der Waals surface area contributed by atoms with Gasteiger partial charge in [0.2, 0.25) is 0 Å². The quantitative estimate of drug-likeness (QED) is 0.817. The van der Waals surface area contributed by atoms with E-state index in [0.29, 0.717) is 5.56 Å². The number of carboxylic acids is 1. The van der Waals surface area contributed by atoms with Crippen LogP contribution in [0.1, 0.15) is 31.1 Å². The van der Waals surface area contributed by atoms with Crippen molar-refractivity contribution in [3.05, 3.63) is 23.8 Å². The average Bonchev–Trinajstić information content (AvgIpc) is 2.27. The molecular weight excluding hydrogens is 234 g/mol. The lowest BCUT2D eigenvalue weighted by atomic mass is 10.1. The maximum atomic E-state index is 11.4. The Bertz CT molecular complexity index is 404. The summed E-state index contributed by atoms with van der Waals surface area (Å²) in [6.07, 6.45) is 0. The average molecular weight is 253 g/mol. The van der Waals surface area contributed by atoms with Crippen LogP contribution in [0.4, 0.5) is 5.69 Å². The highest BCUT2D eigenvalue weighted by Gasteiger charge is 2.19. The lowest BCUT2D eigenvalue weighted by Gasteiger charge is -2.26. The van der Waals surface area contributed by atoms with Crippen LogP contribution < -0.4 is 4.90 Å². The predicted octanol–water partition coefficient (Wildman–Crippen LogP) is 3.34. The van der Waals surface area contributed by atoms with E-state index >= 15 is 0 Å². The zero-order valence-corrected chi connectivity index (χ0v) is 11.5. The number of hydrogen-bond acceptors (Lipinski definition) is 3.